The van der Waals surface area contributed by atoms with E-state index in [1.165, 1.54) is 6.07 Å². The number of pyridine rings is 1. The van der Waals surface area contributed by atoms with E-state index in [4.69, 9.17) is 30.8 Å². The highest BCUT2D eigenvalue weighted by molar-refractivity contribution is 7.23. The van der Waals surface area contributed by atoms with E-state index in [0.717, 1.165) is 47.2 Å². The molecule has 1 atom stereocenters. The van der Waals surface area contributed by atoms with Gasteiger partial charge >= 0.3 is 6.09 Å². The Morgan fingerprint density at radius 2 is 2.07 bits per heavy atom. The first-order chi connectivity index (χ1) is 20.1. The van der Waals surface area contributed by atoms with E-state index in [9.17, 15) is 10.1 Å². The van der Waals surface area contributed by atoms with Crippen molar-refractivity contribution in [3.8, 4) is 23.1 Å². The van der Waals surface area contributed by atoms with Crippen LogP contribution in [-0.4, -0.2) is 47.8 Å². The number of rotatable bonds is 5. The van der Waals surface area contributed by atoms with E-state index in [1.807, 2.05) is 12.1 Å². The number of ether oxygens (including phenoxy) is 3. The van der Waals surface area contributed by atoms with Crippen LogP contribution in [0.5, 0.6) is 5.88 Å². The molecule has 1 amide bonds. The van der Waals surface area contributed by atoms with Crippen LogP contribution in [0.4, 0.5) is 14.2 Å². The summed E-state index contributed by atoms with van der Waals surface area (Å²) in [7, 11) is 2.10. The lowest BCUT2D eigenvalue weighted by Gasteiger charge is -2.20. The fourth-order valence-electron chi connectivity index (χ4n) is 5.70. The zero-order valence-corrected chi connectivity index (χ0v) is 25.3. The highest BCUT2D eigenvalue weighted by Gasteiger charge is 2.29. The minimum Gasteiger partial charge on any atom is -0.476 e. The van der Waals surface area contributed by atoms with Gasteiger partial charge in [0.25, 0.3) is 0 Å². The number of likely N-dealkylation sites (N-methyl/N-ethyl adjacent to an activating group) is 1. The van der Waals surface area contributed by atoms with Gasteiger partial charge in [-0.25, -0.2) is 14.2 Å². The van der Waals surface area contributed by atoms with Crippen molar-refractivity contribution in [3.05, 3.63) is 51.8 Å². The number of amides is 1. The van der Waals surface area contributed by atoms with Crippen molar-refractivity contribution >= 4 is 55.0 Å². The number of nitriles is 1. The van der Waals surface area contributed by atoms with Crippen molar-refractivity contribution in [1.29, 1.82) is 5.26 Å². The summed E-state index contributed by atoms with van der Waals surface area (Å²) in [6.45, 7) is 7.47. The summed E-state index contributed by atoms with van der Waals surface area (Å²) < 4.78 is 32.8. The molecular formula is C31H30ClFN4O4S. The van der Waals surface area contributed by atoms with Gasteiger partial charge in [0.05, 0.1) is 34.0 Å². The van der Waals surface area contributed by atoms with Crippen LogP contribution in [-0.2, 0) is 22.7 Å². The highest BCUT2D eigenvalue weighted by atomic mass is 35.5. The summed E-state index contributed by atoms with van der Waals surface area (Å²) in [4.78, 5) is 19.7. The molecule has 11 heteroatoms. The molecule has 42 heavy (non-hydrogen) atoms. The van der Waals surface area contributed by atoms with Gasteiger partial charge in [-0.3, -0.25) is 5.32 Å². The zero-order valence-electron chi connectivity index (χ0n) is 23.8. The molecule has 2 aliphatic rings. The van der Waals surface area contributed by atoms with Crippen LogP contribution < -0.4 is 10.1 Å². The van der Waals surface area contributed by atoms with E-state index in [1.54, 1.807) is 26.8 Å². The first-order valence-electron chi connectivity index (χ1n) is 13.8. The number of hydrogen-bond donors (Lipinski definition) is 1. The van der Waals surface area contributed by atoms with Gasteiger partial charge < -0.3 is 19.1 Å². The Labute approximate surface area is 251 Å². The third-order valence-electron chi connectivity index (χ3n) is 7.66. The number of hydrogen-bond acceptors (Lipinski definition) is 8. The monoisotopic (exact) mass is 608 g/mol. The van der Waals surface area contributed by atoms with Crippen molar-refractivity contribution in [2.75, 3.05) is 25.5 Å². The second kappa shape index (κ2) is 11.0. The lowest BCUT2D eigenvalue weighted by molar-refractivity contribution is 0.0636. The molecule has 0 aliphatic carbocycles. The number of nitrogens with one attached hydrogen (secondary N) is 1. The molecule has 2 aromatic carbocycles. The van der Waals surface area contributed by atoms with Gasteiger partial charge in [-0.05, 0) is 76.0 Å². The molecule has 0 spiro atoms. The van der Waals surface area contributed by atoms with Crippen LogP contribution in [0.3, 0.4) is 0 Å². The SMILES string of the molecule is CN1CCCC1COc1ccc2c3c(c(-c4ccc(F)c5sc(NC(=O)OC(C)(C)C)c(C#N)c45)c(Cl)c2n1)COC3. The molecule has 1 fully saturated rings. The number of carbonyl (C=O) groups excluding carboxylic acids is 1. The molecule has 4 heterocycles. The summed E-state index contributed by atoms with van der Waals surface area (Å²) in [6, 6.07) is 9.26. The molecule has 218 valence electrons. The lowest BCUT2D eigenvalue weighted by atomic mass is 9.91. The molecule has 6 rings (SSSR count). The molecule has 1 unspecified atom stereocenters. The molecule has 1 saturated heterocycles. The van der Waals surface area contributed by atoms with Gasteiger partial charge in [-0.1, -0.05) is 17.7 Å². The second-order valence-corrected chi connectivity index (χ2v) is 13.0. The van der Waals surface area contributed by atoms with Gasteiger partial charge in [0.1, 0.15) is 29.1 Å². The third kappa shape index (κ3) is 5.15. The van der Waals surface area contributed by atoms with E-state index < -0.39 is 17.5 Å². The lowest BCUT2D eigenvalue weighted by Crippen LogP contribution is -2.30. The molecule has 2 aromatic heterocycles. The Kier molecular flexibility index (Phi) is 7.48. The number of thiophene rings is 1. The number of aromatic nitrogens is 1. The molecule has 1 N–H and O–H groups in total. The van der Waals surface area contributed by atoms with Crippen molar-refractivity contribution in [2.24, 2.45) is 0 Å². The Morgan fingerprint density at radius 3 is 2.79 bits per heavy atom. The second-order valence-electron chi connectivity index (χ2n) is 11.6. The highest BCUT2D eigenvalue weighted by Crippen LogP contribution is 2.48. The topological polar surface area (TPSA) is 96.7 Å². The van der Waals surface area contributed by atoms with Crippen molar-refractivity contribution in [1.82, 2.24) is 9.88 Å². The van der Waals surface area contributed by atoms with Crippen molar-refractivity contribution in [3.63, 3.8) is 0 Å². The molecular weight excluding hydrogens is 579 g/mol. The van der Waals surface area contributed by atoms with Gasteiger partial charge in [0.15, 0.2) is 0 Å². The number of halogens is 2. The number of nitrogens with zero attached hydrogens (tertiary/aromatic N) is 3. The maximum atomic E-state index is 15.2. The predicted molar refractivity (Wildman–Crippen MR) is 162 cm³/mol. The van der Waals surface area contributed by atoms with Crippen molar-refractivity contribution < 1.29 is 23.4 Å². The van der Waals surface area contributed by atoms with Gasteiger partial charge in [0.2, 0.25) is 5.88 Å². The smallest absolute Gasteiger partial charge is 0.412 e. The van der Waals surface area contributed by atoms with Crippen LogP contribution in [0.1, 0.15) is 50.3 Å². The molecule has 0 saturated carbocycles. The van der Waals surface area contributed by atoms with Gasteiger partial charge in [-0.15, -0.1) is 11.3 Å². The van der Waals surface area contributed by atoms with Gasteiger partial charge in [0, 0.05) is 28.4 Å². The third-order valence-corrected chi connectivity index (χ3v) is 9.14. The molecule has 0 bridgehead atoms. The maximum Gasteiger partial charge on any atom is 0.412 e. The maximum absolute atomic E-state index is 15.2. The number of anilines is 1. The van der Waals surface area contributed by atoms with Gasteiger partial charge in [-0.2, -0.15) is 5.26 Å². The van der Waals surface area contributed by atoms with E-state index in [-0.39, 0.29) is 15.3 Å². The molecule has 8 nitrogen and oxygen atoms in total. The normalized spacial score (nSPS) is 17.0. The Balaban J connectivity index is 1.49. The Morgan fingerprint density at radius 1 is 1.29 bits per heavy atom. The average Bonchev–Trinajstić information content (AvgIpc) is 3.66. The summed E-state index contributed by atoms with van der Waals surface area (Å²) in [5.74, 6) is -0.0427. The summed E-state index contributed by atoms with van der Waals surface area (Å²) >= 11 is 8.12. The van der Waals surface area contributed by atoms with E-state index in [2.05, 4.69) is 23.3 Å². The standard InChI is InChI=1S/C31H30ClFN4O4S/c1-31(2,3)41-30(38)36-29-19(12-34)25-18(7-9-22(33)28(25)42-29)24-21-15-39-14-20(21)17-8-10-23(35-27(17)26(24)32)40-13-16-6-5-11-37(16)4/h7-10,16H,5-6,11,13-15H2,1-4H3,(H,36,38). The quantitative estimate of drug-likeness (QED) is 0.249. The first-order valence-corrected chi connectivity index (χ1v) is 15.0. The van der Waals surface area contributed by atoms with Crippen LogP contribution in [0.2, 0.25) is 5.02 Å². The van der Waals surface area contributed by atoms with Crippen LogP contribution >= 0.6 is 22.9 Å². The number of benzene rings is 2. The largest absolute Gasteiger partial charge is 0.476 e. The zero-order chi connectivity index (χ0) is 29.8. The predicted octanol–water partition coefficient (Wildman–Crippen LogP) is 7.63. The van der Waals surface area contributed by atoms with E-state index >= 15 is 4.39 Å². The van der Waals surface area contributed by atoms with Crippen LogP contribution in [0, 0.1) is 17.1 Å². The Hall–Kier alpha value is -3.49. The summed E-state index contributed by atoms with van der Waals surface area (Å²) in [6.07, 6.45) is 1.49. The van der Waals surface area contributed by atoms with Crippen molar-refractivity contribution in [2.45, 2.75) is 58.5 Å². The molecule has 4 aromatic rings. The Bertz CT molecular complexity index is 1780. The number of fused-ring (bicyclic) bond motifs is 4. The average molecular weight is 609 g/mol. The number of carbonyl (C=O) groups is 1. The number of likely N-dealkylation sites (tertiary alicyclic amines) is 1. The molecule has 0 radical (unpaired) electrons. The molecule has 2 aliphatic heterocycles. The first kappa shape index (κ1) is 28.6. The summed E-state index contributed by atoms with van der Waals surface area (Å²) in [5.41, 5.74) is 2.92. The fraction of sp³-hybridized carbons (Fsp3) is 0.387. The fourth-order valence-corrected chi connectivity index (χ4v) is 7.13. The van der Waals surface area contributed by atoms with Crippen LogP contribution in [0.25, 0.3) is 32.1 Å². The van der Waals surface area contributed by atoms with Crippen LogP contribution in [0.15, 0.2) is 24.3 Å². The van der Waals surface area contributed by atoms with E-state index in [0.29, 0.717) is 58.8 Å². The minimum absolute atomic E-state index is 0.130. The minimum atomic E-state index is -0.744. The summed E-state index contributed by atoms with van der Waals surface area (Å²) in [5, 5.41) is 14.6.